The molecule has 0 saturated carbocycles. The van der Waals surface area contributed by atoms with Gasteiger partial charge in [-0.05, 0) is 25.5 Å². The van der Waals surface area contributed by atoms with Crippen LogP contribution >= 0.6 is 0 Å². The topological polar surface area (TPSA) is 99.1 Å². The predicted octanol–water partition coefficient (Wildman–Crippen LogP) is 1.53. The maximum Gasteiger partial charge on any atom is 0.260 e. The van der Waals surface area contributed by atoms with Gasteiger partial charge in [-0.3, -0.25) is 0 Å². The summed E-state index contributed by atoms with van der Waals surface area (Å²) >= 11 is 0. The maximum absolute atomic E-state index is 11.5. The summed E-state index contributed by atoms with van der Waals surface area (Å²) in [5, 5.41) is 3.90. The zero-order valence-corrected chi connectivity index (χ0v) is 11.9. The lowest BCUT2D eigenvalue weighted by Crippen LogP contribution is -2.05. The van der Waals surface area contributed by atoms with E-state index in [0.717, 1.165) is 5.56 Å². The van der Waals surface area contributed by atoms with E-state index in [-0.39, 0.29) is 17.4 Å². The third-order valence-electron chi connectivity index (χ3n) is 3.48. The highest BCUT2D eigenvalue weighted by molar-refractivity contribution is 7.91. The summed E-state index contributed by atoms with van der Waals surface area (Å²) < 4.78 is 28.2. The summed E-state index contributed by atoms with van der Waals surface area (Å²) in [7, 11) is -2.96. The molecule has 0 spiro atoms. The van der Waals surface area contributed by atoms with Crippen LogP contribution in [0.15, 0.2) is 22.7 Å². The average molecular weight is 293 g/mol. The highest BCUT2D eigenvalue weighted by atomic mass is 32.2. The van der Waals surface area contributed by atoms with Gasteiger partial charge in [-0.15, -0.1) is 0 Å². The van der Waals surface area contributed by atoms with Crippen molar-refractivity contribution in [2.75, 3.05) is 17.2 Å². The van der Waals surface area contributed by atoms with E-state index in [1.165, 1.54) is 0 Å². The van der Waals surface area contributed by atoms with Crippen LogP contribution in [0.4, 0.5) is 5.69 Å². The summed E-state index contributed by atoms with van der Waals surface area (Å²) in [4.78, 5) is 4.31. The number of anilines is 1. The second-order valence-electron chi connectivity index (χ2n) is 5.15. The Bertz CT molecular complexity index is 752. The fourth-order valence-corrected chi connectivity index (χ4v) is 4.10. The van der Waals surface area contributed by atoms with Gasteiger partial charge in [-0.2, -0.15) is 4.98 Å². The van der Waals surface area contributed by atoms with E-state index in [2.05, 4.69) is 10.1 Å². The molecule has 0 aliphatic carbocycles. The number of hydrogen-bond donors (Lipinski definition) is 1. The smallest absolute Gasteiger partial charge is 0.260 e. The quantitative estimate of drug-likeness (QED) is 0.843. The van der Waals surface area contributed by atoms with Crippen LogP contribution in [-0.2, 0) is 9.84 Å². The number of benzene rings is 1. The average Bonchev–Trinajstić information content (AvgIpc) is 2.98. The monoisotopic (exact) mass is 293 g/mol. The lowest BCUT2D eigenvalue weighted by molar-refractivity contribution is 0.418. The molecular formula is C13H15N3O3S. The number of aromatic nitrogens is 2. The Hall–Kier alpha value is -1.89. The van der Waals surface area contributed by atoms with Crippen molar-refractivity contribution in [1.29, 1.82) is 0 Å². The van der Waals surface area contributed by atoms with Crippen molar-refractivity contribution in [2.45, 2.75) is 19.3 Å². The van der Waals surface area contributed by atoms with Gasteiger partial charge in [-0.25, -0.2) is 8.42 Å². The van der Waals surface area contributed by atoms with E-state index in [1.54, 1.807) is 6.07 Å². The molecule has 1 aromatic carbocycles. The molecule has 2 N–H and O–H groups in total. The van der Waals surface area contributed by atoms with Crippen LogP contribution in [0.1, 0.15) is 23.7 Å². The summed E-state index contributed by atoms with van der Waals surface area (Å²) in [6, 6.07) is 5.56. The molecule has 20 heavy (non-hydrogen) atoms. The fraction of sp³-hybridized carbons (Fsp3) is 0.385. The second-order valence-corrected chi connectivity index (χ2v) is 7.38. The predicted molar refractivity (Wildman–Crippen MR) is 74.9 cm³/mol. The summed E-state index contributed by atoms with van der Waals surface area (Å²) in [5.41, 5.74) is 8.19. The normalized spacial score (nSPS) is 21.1. The highest BCUT2D eigenvalue weighted by Crippen LogP contribution is 2.30. The minimum absolute atomic E-state index is 0.0925. The molecule has 0 bridgehead atoms. The molecule has 1 fully saturated rings. The second kappa shape index (κ2) is 4.59. The van der Waals surface area contributed by atoms with Gasteiger partial charge in [0.05, 0.1) is 17.1 Å². The number of sulfone groups is 1. The minimum Gasteiger partial charge on any atom is -0.398 e. The lowest BCUT2D eigenvalue weighted by Gasteiger charge is -2.01. The van der Waals surface area contributed by atoms with Gasteiger partial charge in [0.1, 0.15) is 0 Å². The molecule has 106 valence electrons. The molecule has 1 aliphatic heterocycles. The van der Waals surface area contributed by atoms with E-state index < -0.39 is 9.84 Å². The Morgan fingerprint density at radius 2 is 2.20 bits per heavy atom. The van der Waals surface area contributed by atoms with Crippen LogP contribution in [-0.4, -0.2) is 30.1 Å². The first-order valence-corrected chi connectivity index (χ1v) is 8.17. The van der Waals surface area contributed by atoms with Crippen LogP contribution in [0, 0.1) is 6.92 Å². The number of aryl methyl sites for hydroxylation is 1. The Morgan fingerprint density at radius 3 is 2.90 bits per heavy atom. The molecule has 6 nitrogen and oxygen atoms in total. The minimum atomic E-state index is -2.96. The van der Waals surface area contributed by atoms with E-state index in [9.17, 15) is 8.42 Å². The zero-order valence-electron chi connectivity index (χ0n) is 11.0. The standard InChI is InChI=1S/C13H15N3O3S/c1-8-2-3-11(14)10(6-8)13-15-12(16-19-13)9-4-5-20(17,18)7-9/h2-3,6,9H,4-5,7,14H2,1H3. The number of nitrogens with two attached hydrogens (primary N) is 1. The van der Waals surface area contributed by atoms with Crippen molar-refractivity contribution in [1.82, 2.24) is 10.1 Å². The highest BCUT2D eigenvalue weighted by Gasteiger charge is 2.32. The Kier molecular flexibility index (Phi) is 3.01. The molecule has 1 unspecified atom stereocenters. The van der Waals surface area contributed by atoms with Crippen LogP contribution in [0.3, 0.4) is 0 Å². The number of nitrogen functional groups attached to an aromatic ring is 1. The summed E-state index contributed by atoms with van der Waals surface area (Å²) in [6.07, 6.45) is 0.546. The van der Waals surface area contributed by atoms with Gasteiger partial charge < -0.3 is 10.3 Å². The van der Waals surface area contributed by atoms with Gasteiger partial charge in [0.25, 0.3) is 5.89 Å². The molecule has 1 atom stereocenters. The zero-order chi connectivity index (χ0) is 14.3. The van der Waals surface area contributed by atoms with Crippen LogP contribution in [0.2, 0.25) is 0 Å². The molecule has 0 radical (unpaired) electrons. The first kappa shape index (κ1) is 13.1. The van der Waals surface area contributed by atoms with Gasteiger partial charge in [0.15, 0.2) is 15.7 Å². The maximum atomic E-state index is 11.5. The van der Waals surface area contributed by atoms with Crippen LogP contribution < -0.4 is 5.73 Å². The van der Waals surface area contributed by atoms with Crippen molar-refractivity contribution in [3.63, 3.8) is 0 Å². The SMILES string of the molecule is Cc1ccc(N)c(-c2nc(C3CCS(=O)(=O)C3)no2)c1. The molecule has 2 aromatic rings. The largest absolute Gasteiger partial charge is 0.398 e. The van der Waals surface area contributed by atoms with Gasteiger partial charge in [0.2, 0.25) is 0 Å². The molecule has 0 amide bonds. The first-order valence-electron chi connectivity index (χ1n) is 6.35. The van der Waals surface area contributed by atoms with Crippen molar-refractivity contribution < 1.29 is 12.9 Å². The van der Waals surface area contributed by atoms with Crippen molar-refractivity contribution in [3.05, 3.63) is 29.6 Å². The third kappa shape index (κ3) is 2.40. The third-order valence-corrected chi connectivity index (χ3v) is 5.25. The van der Waals surface area contributed by atoms with Gasteiger partial charge in [-0.1, -0.05) is 16.8 Å². The van der Waals surface area contributed by atoms with Crippen LogP contribution in [0.25, 0.3) is 11.5 Å². The van der Waals surface area contributed by atoms with E-state index in [4.69, 9.17) is 10.3 Å². The lowest BCUT2D eigenvalue weighted by atomic mass is 10.1. The Morgan fingerprint density at radius 1 is 1.40 bits per heavy atom. The van der Waals surface area contributed by atoms with Crippen molar-refractivity contribution >= 4 is 15.5 Å². The molecule has 2 heterocycles. The van der Waals surface area contributed by atoms with Crippen molar-refractivity contribution in [2.24, 2.45) is 0 Å². The Labute approximate surface area is 116 Å². The molecular weight excluding hydrogens is 278 g/mol. The molecule has 1 saturated heterocycles. The van der Waals surface area contributed by atoms with Crippen LogP contribution in [0.5, 0.6) is 0 Å². The van der Waals surface area contributed by atoms with Gasteiger partial charge in [0, 0.05) is 11.6 Å². The summed E-state index contributed by atoms with van der Waals surface area (Å²) in [6.45, 7) is 1.95. The van der Waals surface area contributed by atoms with E-state index in [0.29, 0.717) is 29.4 Å². The number of nitrogens with zero attached hydrogens (tertiary/aromatic N) is 2. The number of hydrogen-bond acceptors (Lipinski definition) is 6. The van der Waals surface area contributed by atoms with E-state index >= 15 is 0 Å². The van der Waals surface area contributed by atoms with E-state index in [1.807, 2.05) is 19.1 Å². The van der Waals surface area contributed by atoms with Gasteiger partial charge >= 0.3 is 0 Å². The summed E-state index contributed by atoms with van der Waals surface area (Å²) in [5.74, 6) is 0.889. The fourth-order valence-electron chi connectivity index (χ4n) is 2.36. The molecule has 3 rings (SSSR count). The molecule has 1 aliphatic rings. The Balaban J connectivity index is 1.93. The molecule has 7 heteroatoms. The van der Waals surface area contributed by atoms with Crippen molar-refractivity contribution in [3.8, 4) is 11.5 Å². The molecule has 1 aromatic heterocycles. The number of rotatable bonds is 2. The first-order chi connectivity index (χ1) is 9.44.